The van der Waals surface area contributed by atoms with Crippen LogP contribution in [0.2, 0.25) is 0 Å². The van der Waals surface area contributed by atoms with Gasteiger partial charge < -0.3 is 9.84 Å². The van der Waals surface area contributed by atoms with Crippen LogP contribution >= 0.6 is 31.9 Å². The fourth-order valence-corrected chi connectivity index (χ4v) is 2.23. The Balaban J connectivity index is 2.53. The van der Waals surface area contributed by atoms with Gasteiger partial charge in [-0.1, -0.05) is 37.9 Å². The Morgan fingerprint density at radius 2 is 2.08 bits per heavy atom. The molecule has 0 radical (unpaired) electrons. The van der Waals surface area contributed by atoms with Gasteiger partial charge in [0.1, 0.15) is 5.01 Å². The molecular formula is C8H6Br2O2. The Bertz CT molecular complexity index is 314. The Labute approximate surface area is 86.8 Å². The number of hydrogen-bond donors (Lipinski definition) is 1. The zero-order valence-corrected chi connectivity index (χ0v) is 9.17. The van der Waals surface area contributed by atoms with Gasteiger partial charge in [-0.05, 0) is 17.7 Å². The monoisotopic (exact) mass is 292 g/mol. The molecule has 0 aromatic heterocycles. The van der Waals surface area contributed by atoms with E-state index in [1.807, 2.05) is 18.2 Å². The topological polar surface area (TPSA) is 29.5 Å². The number of fused-ring (bicyclic) bond motifs is 1. The zero-order valence-electron chi connectivity index (χ0n) is 6.00. The van der Waals surface area contributed by atoms with Gasteiger partial charge in [0.15, 0.2) is 6.29 Å². The molecule has 1 aromatic carbocycles. The average Bonchev–Trinajstić information content (AvgIpc) is 2.28. The molecule has 1 aromatic rings. The summed E-state index contributed by atoms with van der Waals surface area (Å²) in [6, 6.07) is 5.71. The van der Waals surface area contributed by atoms with Gasteiger partial charge in [-0.2, -0.15) is 0 Å². The molecule has 0 saturated carbocycles. The van der Waals surface area contributed by atoms with Crippen LogP contribution in [0.15, 0.2) is 22.7 Å². The molecular weight excluding hydrogens is 288 g/mol. The average molecular weight is 294 g/mol. The normalized spacial score (nSPS) is 27.2. The van der Waals surface area contributed by atoms with Crippen LogP contribution in [0.4, 0.5) is 0 Å². The third-order valence-electron chi connectivity index (χ3n) is 1.81. The van der Waals surface area contributed by atoms with Gasteiger partial charge in [0.05, 0.1) is 0 Å². The summed E-state index contributed by atoms with van der Waals surface area (Å²) in [5.74, 6) is 0. The fourth-order valence-electron chi connectivity index (χ4n) is 1.23. The van der Waals surface area contributed by atoms with E-state index >= 15 is 0 Å². The maximum atomic E-state index is 9.40. The molecule has 0 bridgehead atoms. The number of hydrogen-bond acceptors (Lipinski definition) is 2. The summed E-state index contributed by atoms with van der Waals surface area (Å²) in [4.78, 5) is 0. The van der Waals surface area contributed by atoms with Crippen LogP contribution < -0.4 is 0 Å². The lowest BCUT2D eigenvalue weighted by Gasteiger charge is -2.01. The van der Waals surface area contributed by atoms with Crippen molar-refractivity contribution < 1.29 is 9.84 Å². The molecule has 1 N–H and O–H groups in total. The van der Waals surface area contributed by atoms with E-state index in [0.717, 1.165) is 15.6 Å². The first-order chi connectivity index (χ1) is 5.68. The lowest BCUT2D eigenvalue weighted by molar-refractivity contribution is -0.0930. The highest BCUT2D eigenvalue weighted by Crippen LogP contribution is 2.41. The SMILES string of the molecule is OC1OC(Br)c2ccc(Br)cc21. The largest absolute Gasteiger partial charge is 0.364 e. The van der Waals surface area contributed by atoms with E-state index < -0.39 is 6.29 Å². The van der Waals surface area contributed by atoms with Crippen LogP contribution in [0, 0.1) is 0 Å². The smallest absolute Gasteiger partial charge is 0.183 e. The van der Waals surface area contributed by atoms with E-state index in [-0.39, 0.29) is 5.01 Å². The minimum absolute atomic E-state index is 0.185. The van der Waals surface area contributed by atoms with Crippen molar-refractivity contribution in [3.8, 4) is 0 Å². The van der Waals surface area contributed by atoms with Gasteiger partial charge in [-0.25, -0.2) is 0 Å². The maximum absolute atomic E-state index is 9.40. The number of alkyl halides is 1. The first-order valence-electron chi connectivity index (χ1n) is 3.45. The predicted octanol–water partition coefficient (Wildman–Crippen LogP) is 2.86. The zero-order chi connectivity index (χ0) is 8.72. The molecule has 2 unspecified atom stereocenters. The van der Waals surface area contributed by atoms with Crippen molar-refractivity contribution in [2.45, 2.75) is 11.3 Å². The van der Waals surface area contributed by atoms with E-state index in [1.54, 1.807) is 0 Å². The predicted molar refractivity (Wildman–Crippen MR) is 51.9 cm³/mol. The second-order valence-corrected chi connectivity index (χ2v) is 4.33. The minimum Gasteiger partial charge on any atom is -0.364 e. The van der Waals surface area contributed by atoms with Gasteiger partial charge in [-0.15, -0.1) is 0 Å². The highest BCUT2D eigenvalue weighted by molar-refractivity contribution is 9.10. The molecule has 2 nitrogen and oxygen atoms in total. The molecule has 0 amide bonds. The second kappa shape index (κ2) is 3.10. The highest BCUT2D eigenvalue weighted by atomic mass is 79.9. The fraction of sp³-hybridized carbons (Fsp3) is 0.250. The molecule has 1 heterocycles. The summed E-state index contributed by atoms with van der Waals surface area (Å²) in [6.45, 7) is 0. The molecule has 1 aliphatic heterocycles. The number of aliphatic hydroxyl groups excluding tert-OH is 1. The molecule has 64 valence electrons. The van der Waals surface area contributed by atoms with Crippen molar-refractivity contribution in [3.63, 3.8) is 0 Å². The Hall–Kier alpha value is 0.1000. The highest BCUT2D eigenvalue weighted by Gasteiger charge is 2.28. The maximum Gasteiger partial charge on any atom is 0.183 e. The molecule has 4 heteroatoms. The molecule has 12 heavy (non-hydrogen) atoms. The molecule has 2 atom stereocenters. The standard InChI is InChI=1S/C8H6Br2O2/c9-4-1-2-5-6(3-4)8(11)12-7(5)10/h1-3,7-8,11H. The van der Waals surface area contributed by atoms with E-state index in [1.165, 1.54) is 0 Å². The number of aliphatic hydroxyl groups is 1. The van der Waals surface area contributed by atoms with Crippen LogP contribution in [0.3, 0.4) is 0 Å². The third kappa shape index (κ3) is 1.33. The lowest BCUT2D eigenvalue weighted by Crippen LogP contribution is -1.91. The van der Waals surface area contributed by atoms with Gasteiger partial charge >= 0.3 is 0 Å². The van der Waals surface area contributed by atoms with Crippen LogP contribution in [-0.4, -0.2) is 5.11 Å². The van der Waals surface area contributed by atoms with Crippen molar-refractivity contribution in [3.05, 3.63) is 33.8 Å². The number of benzene rings is 1. The molecule has 0 saturated heterocycles. The summed E-state index contributed by atoms with van der Waals surface area (Å²) >= 11 is 6.63. The molecule has 2 rings (SSSR count). The summed E-state index contributed by atoms with van der Waals surface area (Å²) in [6.07, 6.45) is -0.804. The molecule has 0 aliphatic carbocycles. The van der Waals surface area contributed by atoms with E-state index in [0.29, 0.717) is 0 Å². The van der Waals surface area contributed by atoms with E-state index in [9.17, 15) is 5.11 Å². The number of ether oxygens (including phenoxy) is 1. The number of halogens is 2. The van der Waals surface area contributed by atoms with E-state index in [2.05, 4.69) is 31.9 Å². The third-order valence-corrected chi connectivity index (χ3v) is 3.01. The van der Waals surface area contributed by atoms with Crippen molar-refractivity contribution >= 4 is 31.9 Å². The van der Waals surface area contributed by atoms with Crippen LogP contribution in [0.25, 0.3) is 0 Å². The molecule has 1 aliphatic rings. The lowest BCUT2D eigenvalue weighted by atomic mass is 10.1. The van der Waals surface area contributed by atoms with Gasteiger partial charge in [0.25, 0.3) is 0 Å². The summed E-state index contributed by atoms with van der Waals surface area (Å²) in [5.41, 5.74) is 1.82. The van der Waals surface area contributed by atoms with Crippen LogP contribution in [-0.2, 0) is 4.74 Å². The van der Waals surface area contributed by atoms with Crippen molar-refractivity contribution in [1.29, 1.82) is 0 Å². The Morgan fingerprint density at radius 3 is 2.83 bits per heavy atom. The Kier molecular flexibility index (Phi) is 2.25. The first-order valence-corrected chi connectivity index (χ1v) is 5.16. The second-order valence-electron chi connectivity index (χ2n) is 2.58. The van der Waals surface area contributed by atoms with Crippen LogP contribution in [0.1, 0.15) is 22.4 Å². The van der Waals surface area contributed by atoms with Gasteiger partial charge in [-0.3, -0.25) is 0 Å². The summed E-state index contributed by atoms with van der Waals surface area (Å²) in [7, 11) is 0. The first kappa shape index (κ1) is 8.69. The molecule has 0 spiro atoms. The van der Waals surface area contributed by atoms with Gasteiger partial charge in [0.2, 0.25) is 0 Å². The van der Waals surface area contributed by atoms with E-state index in [4.69, 9.17) is 4.74 Å². The van der Waals surface area contributed by atoms with Crippen molar-refractivity contribution in [2.75, 3.05) is 0 Å². The Morgan fingerprint density at radius 1 is 1.33 bits per heavy atom. The quantitative estimate of drug-likeness (QED) is 0.746. The summed E-state index contributed by atoms with van der Waals surface area (Å²) in [5, 5.41) is 9.22. The summed E-state index contributed by atoms with van der Waals surface area (Å²) < 4.78 is 6.09. The van der Waals surface area contributed by atoms with Gasteiger partial charge in [0, 0.05) is 10.0 Å². The van der Waals surface area contributed by atoms with Crippen LogP contribution in [0.5, 0.6) is 0 Å². The van der Waals surface area contributed by atoms with Crippen molar-refractivity contribution in [1.82, 2.24) is 0 Å². The van der Waals surface area contributed by atoms with Crippen molar-refractivity contribution in [2.24, 2.45) is 0 Å². The minimum atomic E-state index is -0.804. The number of rotatable bonds is 0. The molecule has 0 fully saturated rings.